The van der Waals surface area contributed by atoms with Crippen molar-refractivity contribution in [3.63, 3.8) is 0 Å². The fourth-order valence-electron chi connectivity index (χ4n) is 5.78. The predicted octanol–water partition coefficient (Wildman–Crippen LogP) is 4.08. The van der Waals surface area contributed by atoms with Gasteiger partial charge in [-0.1, -0.05) is 95.4 Å². The van der Waals surface area contributed by atoms with Crippen molar-refractivity contribution in [2.45, 2.75) is 138 Å². The highest BCUT2D eigenvalue weighted by atomic mass is 16.6. The first-order chi connectivity index (χ1) is 21.7. The number of amides is 3. The molecule has 0 aliphatic carbocycles. The highest BCUT2D eigenvalue weighted by molar-refractivity contribution is 5.94. The molecule has 0 bridgehead atoms. The van der Waals surface area contributed by atoms with E-state index in [-0.39, 0.29) is 12.3 Å². The van der Waals surface area contributed by atoms with Gasteiger partial charge in [0.25, 0.3) is 17.7 Å². The number of hydrogen-bond acceptors (Lipinski definition) is 9. The maximum absolute atomic E-state index is 14.0. The highest BCUT2D eigenvalue weighted by Crippen LogP contribution is 2.25. The third-order valence-electron chi connectivity index (χ3n) is 9.02. The summed E-state index contributed by atoms with van der Waals surface area (Å²) in [5.74, 6) is -6.38. The molecule has 1 fully saturated rings. The zero-order chi connectivity index (χ0) is 36.5. The number of hydrogen-bond donors (Lipinski definition) is 0. The molecule has 12 nitrogen and oxygen atoms in total. The van der Waals surface area contributed by atoms with Gasteiger partial charge in [0.2, 0.25) is 0 Å². The van der Waals surface area contributed by atoms with E-state index < -0.39 is 95.7 Å². The van der Waals surface area contributed by atoms with Gasteiger partial charge in [-0.25, -0.2) is 14.4 Å². The maximum atomic E-state index is 14.0. The first-order valence-electron chi connectivity index (χ1n) is 17.2. The van der Waals surface area contributed by atoms with E-state index in [1.165, 1.54) is 35.8 Å². The van der Waals surface area contributed by atoms with E-state index in [9.17, 15) is 28.8 Å². The molecule has 1 aliphatic heterocycles. The van der Waals surface area contributed by atoms with E-state index >= 15 is 0 Å². The number of unbranched alkanes of at least 4 members (excludes halogenated alkanes) is 1. The summed E-state index contributed by atoms with van der Waals surface area (Å²) in [4.78, 5) is 87.1. The van der Waals surface area contributed by atoms with Crippen LogP contribution in [-0.2, 0) is 43.0 Å². The Balaban J connectivity index is 3.96. The molecule has 12 heteroatoms. The van der Waals surface area contributed by atoms with Crippen LogP contribution in [0.15, 0.2) is 0 Å². The van der Waals surface area contributed by atoms with Crippen molar-refractivity contribution >= 4 is 35.6 Å². The van der Waals surface area contributed by atoms with Gasteiger partial charge in [0.05, 0.1) is 0 Å². The third-order valence-corrected chi connectivity index (χ3v) is 9.02. The molecule has 0 aromatic carbocycles. The summed E-state index contributed by atoms with van der Waals surface area (Å²) in [6, 6.07) is -3.26. The lowest BCUT2D eigenvalue weighted by Crippen LogP contribution is -2.57. The first-order valence-corrected chi connectivity index (χ1v) is 17.2. The molecule has 0 radical (unpaired) electrons. The van der Waals surface area contributed by atoms with E-state index in [1.54, 1.807) is 62.3 Å². The zero-order valence-corrected chi connectivity index (χ0v) is 31.2. The van der Waals surface area contributed by atoms with E-state index in [0.29, 0.717) is 12.8 Å². The van der Waals surface area contributed by atoms with E-state index in [4.69, 9.17) is 14.2 Å². The molecule has 1 aliphatic rings. The minimum absolute atomic E-state index is 0.259. The molecule has 0 N–H and O–H groups in total. The van der Waals surface area contributed by atoms with Crippen molar-refractivity contribution in [2.24, 2.45) is 29.6 Å². The van der Waals surface area contributed by atoms with Gasteiger partial charge < -0.3 is 28.9 Å². The monoisotopic (exact) mass is 667 g/mol. The fraction of sp³-hybridized carbons (Fsp3) is 0.829. The second kappa shape index (κ2) is 18.4. The molecule has 7 atom stereocenters. The Labute approximate surface area is 282 Å². The average Bonchev–Trinajstić information content (AvgIpc) is 2.98. The van der Waals surface area contributed by atoms with Crippen LogP contribution in [0.3, 0.4) is 0 Å². The van der Waals surface area contributed by atoms with Crippen LogP contribution >= 0.6 is 0 Å². The summed E-state index contributed by atoms with van der Waals surface area (Å²) in [5.41, 5.74) is 0. The normalized spacial score (nSPS) is 27.3. The average molecular weight is 668 g/mol. The molecule has 0 aromatic rings. The molecule has 0 aromatic heterocycles. The first kappa shape index (κ1) is 41.8. The van der Waals surface area contributed by atoms with Gasteiger partial charge in [-0.3, -0.25) is 14.4 Å². The Kier molecular flexibility index (Phi) is 16.4. The van der Waals surface area contributed by atoms with Crippen molar-refractivity contribution in [1.29, 1.82) is 0 Å². The van der Waals surface area contributed by atoms with Crippen LogP contribution in [0, 0.1) is 29.6 Å². The van der Waals surface area contributed by atoms with Gasteiger partial charge in [-0.2, -0.15) is 0 Å². The molecule has 0 spiro atoms. The molecule has 3 amide bonds. The van der Waals surface area contributed by atoms with Gasteiger partial charge >= 0.3 is 17.9 Å². The summed E-state index contributed by atoms with van der Waals surface area (Å²) in [7, 11) is 4.37. The molecule has 1 heterocycles. The van der Waals surface area contributed by atoms with E-state index in [0.717, 1.165) is 6.42 Å². The number of esters is 3. The summed E-state index contributed by atoms with van der Waals surface area (Å²) in [5, 5.41) is 0. The van der Waals surface area contributed by atoms with Gasteiger partial charge in [0, 0.05) is 21.1 Å². The molecular weight excluding hydrogens is 606 g/mol. The minimum Gasteiger partial charge on any atom is -0.450 e. The highest BCUT2D eigenvalue weighted by Gasteiger charge is 2.45. The lowest BCUT2D eigenvalue weighted by atomic mass is 9.95. The number of rotatable bonds is 9. The number of nitrogens with zero attached hydrogens (tertiary/aromatic N) is 3. The zero-order valence-electron chi connectivity index (χ0n) is 31.2. The largest absolute Gasteiger partial charge is 0.450 e. The van der Waals surface area contributed by atoms with Crippen molar-refractivity contribution in [1.82, 2.24) is 14.7 Å². The number of carbonyl (C=O) groups is 6. The van der Waals surface area contributed by atoms with Crippen molar-refractivity contribution in [2.75, 3.05) is 21.1 Å². The Morgan fingerprint density at radius 3 is 1.26 bits per heavy atom. The SMILES string of the molecule is CCCCC1C(=O)OC(C(C)C)C(=O)N(C)C(C(C)C)C(=O)OC(C(C)C)C(=O)N(C)C(C(C)CC)C(=O)OC(C(C)C)C(=O)N1C. The maximum Gasteiger partial charge on any atom is 0.329 e. The molecular formula is C35H61N3O9. The molecule has 7 unspecified atom stereocenters. The summed E-state index contributed by atoms with van der Waals surface area (Å²) < 4.78 is 17.6. The van der Waals surface area contributed by atoms with E-state index in [1.807, 2.05) is 13.8 Å². The fourth-order valence-corrected chi connectivity index (χ4v) is 5.78. The van der Waals surface area contributed by atoms with Crippen LogP contribution in [-0.4, -0.2) is 108 Å². The molecule has 0 saturated carbocycles. The summed E-state index contributed by atoms with van der Waals surface area (Å²) in [6.45, 7) is 19.5. The second-order valence-corrected chi connectivity index (χ2v) is 14.3. The van der Waals surface area contributed by atoms with Gasteiger partial charge in [-0.15, -0.1) is 0 Å². The van der Waals surface area contributed by atoms with Gasteiger partial charge in [-0.05, 0) is 36.0 Å². The molecule has 47 heavy (non-hydrogen) atoms. The molecule has 1 rings (SSSR count). The Morgan fingerprint density at radius 2 is 0.894 bits per heavy atom. The predicted molar refractivity (Wildman–Crippen MR) is 178 cm³/mol. The van der Waals surface area contributed by atoms with Crippen LogP contribution in [0.4, 0.5) is 0 Å². The number of likely N-dealkylation sites (N-methyl/N-ethyl adjacent to an activating group) is 3. The second-order valence-electron chi connectivity index (χ2n) is 14.3. The topological polar surface area (TPSA) is 140 Å². The molecule has 270 valence electrons. The summed E-state index contributed by atoms with van der Waals surface area (Å²) in [6.07, 6.45) is -1.72. The van der Waals surface area contributed by atoms with Crippen molar-refractivity contribution in [3.05, 3.63) is 0 Å². The Morgan fingerprint density at radius 1 is 0.532 bits per heavy atom. The Hall–Kier alpha value is -3.18. The van der Waals surface area contributed by atoms with Crippen LogP contribution in [0.2, 0.25) is 0 Å². The number of carbonyl (C=O) groups excluding carboxylic acids is 6. The molecule has 1 saturated heterocycles. The third kappa shape index (κ3) is 10.4. The Bertz CT molecular complexity index is 1110. The van der Waals surface area contributed by atoms with Crippen LogP contribution in [0.5, 0.6) is 0 Å². The van der Waals surface area contributed by atoms with E-state index in [2.05, 4.69) is 0 Å². The number of ether oxygens (including phenoxy) is 3. The minimum atomic E-state index is -1.28. The lowest BCUT2D eigenvalue weighted by molar-refractivity contribution is -0.181. The smallest absolute Gasteiger partial charge is 0.329 e. The van der Waals surface area contributed by atoms with Crippen LogP contribution in [0.1, 0.15) is 102 Å². The standard InChI is InChI=1S/C35H61N3O9/c1-15-17-18-24-33(42)45-28(21(7)8)31(40)37(13)25(19(3)4)34(43)46-29(22(9)10)32(41)38(14)26(23(11)16-2)35(44)47-27(20(5)6)30(39)36(24)12/h19-29H,15-18H2,1-14H3. The lowest BCUT2D eigenvalue weighted by Gasteiger charge is -2.38. The number of cyclic esters (lactones) is 3. The van der Waals surface area contributed by atoms with Gasteiger partial charge in [0.15, 0.2) is 18.3 Å². The quantitative estimate of drug-likeness (QED) is 0.263. The van der Waals surface area contributed by atoms with Gasteiger partial charge in [0.1, 0.15) is 18.1 Å². The van der Waals surface area contributed by atoms with Crippen LogP contribution < -0.4 is 0 Å². The van der Waals surface area contributed by atoms with Crippen molar-refractivity contribution in [3.8, 4) is 0 Å². The summed E-state index contributed by atoms with van der Waals surface area (Å²) >= 11 is 0. The van der Waals surface area contributed by atoms with Crippen molar-refractivity contribution < 1.29 is 43.0 Å². The van der Waals surface area contributed by atoms with Crippen LogP contribution in [0.25, 0.3) is 0 Å².